The maximum atomic E-state index is 6.09. The second kappa shape index (κ2) is 6.73. The number of tetrazole rings is 1. The number of aromatic nitrogens is 4. The van der Waals surface area contributed by atoms with Gasteiger partial charge in [0.05, 0.1) is 23.9 Å². The van der Waals surface area contributed by atoms with Crippen LogP contribution in [-0.2, 0) is 9.47 Å². The lowest BCUT2D eigenvalue weighted by Crippen LogP contribution is -2.48. The normalized spacial score (nSPS) is 31.3. The van der Waals surface area contributed by atoms with Gasteiger partial charge in [-0.05, 0) is 50.0 Å². The maximum Gasteiger partial charge on any atom is 0.245 e. The molecule has 3 unspecified atom stereocenters. The van der Waals surface area contributed by atoms with Crippen LogP contribution in [0.1, 0.15) is 59.4 Å². The van der Waals surface area contributed by atoms with Gasteiger partial charge in [-0.2, -0.15) is 0 Å². The average Bonchev–Trinajstić information content (AvgIpc) is 3.03. The van der Waals surface area contributed by atoms with E-state index in [-0.39, 0.29) is 17.8 Å². The number of ether oxygens (including phenoxy) is 2. The largest absolute Gasteiger partial charge is 0.375 e. The first-order valence-corrected chi connectivity index (χ1v) is 8.84. The Balaban J connectivity index is 1.79. The minimum atomic E-state index is -0.116. The van der Waals surface area contributed by atoms with Crippen molar-refractivity contribution in [1.82, 2.24) is 20.2 Å². The Labute approximate surface area is 138 Å². The molecule has 0 aromatic carbocycles. The molecule has 130 valence electrons. The highest BCUT2D eigenvalue weighted by atomic mass is 16.5. The summed E-state index contributed by atoms with van der Waals surface area (Å²) in [6.07, 6.45) is 4.43. The molecule has 2 aliphatic heterocycles. The van der Waals surface area contributed by atoms with Gasteiger partial charge in [0.2, 0.25) is 5.95 Å². The van der Waals surface area contributed by atoms with Gasteiger partial charge < -0.3 is 14.4 Å². The number of nitrogens with zero attached hydrogens (tertiary/aromatic N) is 5. The van der Waals surface area contributed by atoms with E-state index in [2.05, 4.69) is 48.1 Å². The van der Waals surface area contributed by atoms with Gasteiger partial charge in [-0.1, -0.05) is 18.9 Å². The first-order valence-electron chi connectivity index (χ1n) is 8.84. The van der Waals surface area contributed by atoms with E-state index in [1.54, 1.807) is 0 Å². The summed E-state index contributed by atoms with van der Waals surface area (Å²) in [5, 5.41) is 12.6. The van der Waals surface area contributed by atoms with Crippen molar-refractivity contribution in [3.05, 3.63) is 0 Å². The van der Waals surface area contributed by atoms with Crippen molar-refractivity contribution in [3.63, 3.8) is 0 Å². The molecule has 7 heteroatoms. The fourth-order valence-electron chi connectivity index (χ4n) is 3.58. The summed E-state index contributed by atoms with van der Waals surface area (Å²) >= 11 is 0. The molecule has 0 bridgehead atoms. The van der Waals surface area contributed by atoms with Crippen molar-refractivity contribution >= 4 is 5.95 Å². The number of hydrogen-bond donors (Lipinski definition) is 0. The predicted molar refractivity (Wildman–Crippen MR) is 87.6 cm³/mol. The van der Waals surface area contributed by atoms with Gasteiger partial charge >= 0.3 is 0 Å². The smallest absolute Gasteiger partial charge is 0.245 e. The molecule has 2 fully saturated rings. The second-order valence-electron chi connectivity index (χ2n) is 7.28. The molecule has 0 N–H and O–H groups in total. The van der Waals surface area contributed by atoms with Crippen LogP contribution in [-0.4, -0.2) is 57.7 Å². The third-order valence-corrected chi connectivity index (χ3v) is 4.92. The van der Waals surface area contributed by atoms with Gasteiger partial charge in [0, 0.05) is 19.7 Å². The summed E-state index contributed by atoms with van der Waals surface area (Å²) < 4.78 is 13.9. The zero-order valence-corrected chi connectivity index (χ0v) is 14.7. The van der Waals surface area contributed by atoms with E-state index in [9.17, 15) is 0 Å². The Morgan fingerprint density at radius 1 is 1.17 bits per heavy atom. The van der Waals surface area contributed by atoms with Gasteiger partial charge in [0.15, 0.2) is 0 Å². The fraction of sp³-hybridized carbons (Fsp3) is 0.938. The highest BCUT2D eigenvalue weighted by molar-refractivity contribution is 5.30. The Morgan fingerprint density at radius 2 is 1.87 bits per heavy atom. The third-order valence-electron chi connectivity index (χ3n) is 4.92. The first-order chi connectivity index (χ1) is 11.0. The number of anilines is 1. The molecule has 1 aromatic heterocycles. The summed E-state index contributed by atoms with van der Waals surface area (Å²) in [4.78, 5) is 2.30. The van der Waals surface area contributed by atoms with Crippen molar-refractivity contribution in [2.75, 3.05) is 24.6 Å². The molecular weight excluding hydrogens is 294 g/mol. The lowest BCUT2D eigenvalue weighted by molar-refractivity contribution is -0.0711. The van der Waals surface area contributed by atoms with Crippen molar-refractivity contribution < 1.29 is 9.47 Å². The molecule has 1 aromatic rings. The third kappa shape index (κ3) is 3.66. The maximum absolute atomic E-state index is 6.09. The molecule has 0 spiro atoms. The van der Waals surface area contributed by atoms with Crippen LogP contribution in [0.3, 0.4) is 0 Å². The van der Waals surface area contributed by atoms with Gasteiger partial charge in [-0.25, -0.2) is 4.68 Å². The van der Waals surface area contributed by atoms with Crippen LogP contribution >= 0.6 is 0 Å². The van der Waals surface area contributed by atoms with E-state index >= 15 is 0 Å². The van der Waals surface area contributed by atoms with Crippen LogP contribution in [0.15, 0.2) is 0 Å². The standard InChI is InChI=1S/C16H29N5O2/c1-5-13-10-20(11-14(6-2)23-13)15-17-18-19-21(15)12-7-8-22-16(3,4)9-12/h12-14H,5-11H2,1-4H3. The Bertz CT molecular complexity index is 506. The SMILES string of the molecule is CCC1CN(c2nnnn2C2CCOC(C)(C)C2)CC(CC)O1. The van der Waals surface area contributed by atoms with Gasteiger partial charge in [-0.3, -0.25) is 0 Å². The van der Waals surface area contributed by atoms with Crippen LogP contribution in [0.2, 0.25) is 0 Å². The predicted octanol–water partition coefficient (Wildman–Crippen LogP) is 2.20. The van der Waals surface area contributed by atoms with E-state index in [1.165, 1.54) is 0 Å². The van der Waals surface area contributed by atoms with Crippen molar-refractivity contribution in [2.45, 2.75) is 77.2 Å². The number of morpholine rings is 1. The van der Waals surface area contributed by atoms with E-state index in [4.69, 9.17) is 9.47 Å². The Kier molecular flexibility index (Phi) is 4.87. The molecule has 0 saturated carbocycles. The summed E-state index contributed by atoms with van der Waals surface area (Å²) in [5.41, 5.74) is -0.116. The summed E-state index contributed by atoms with van der Waals surface area (Å²) in [7, 11) is 0. The lowest BCUT2D eigenvalue weighted by atomic mass is 9.94. The molecule has 7 nitrogen and oxygen atoms in total. The minimum absolute atomic E-state index is 0.116. The van der Waals surface area contributed by atoms with Crippen LogP contribution in [0.4, 0.5) is 5.95 Å². The molecule has 2 saturated heterocycles. The zero-order chi connectivity index (χ0) is 16.4. The van der Waals surface area contributed by atoms with Gasteiger partial charge in [0.1, 0.15) is 0 Å². The molecule has 23 heavy (non-hydrogen) atoms. The van der Waals surface area contributed by atoms with Gasteiger partial charge in [0.25, 0.3) is 0 Å². The van der Waals surface area contributed by atoms with Crippen LogP contribution in [0.25, 0.3) is 0 Å². The van der Waals surface area contributed by atoms with Gasteiger partial charge in [-0.15, -0.1) is 0 Å². The van der Waals surface area contributed by atoms with Crippen LogP contribution < -0.4 is 4.90 Å². The fourth-order valence-corrected chi connectivity index (χ4v) is 3.58. The first kappa shape index (κ1) is 16.6. The number of rotatable bonds is 4. The second-order valence-corrected chi connectivity index (χ2v) is 7.28. The van der Waals surface area contributed by atoms with Crippen molar-refractivity contribution in [2.24, 2.45) is 0 Å². The summed E-state index contributed by atoms with van der Waals surface area (Å²) in [6, 6.07) is 0.298. The highest BCUT2D eigenvalue weighted by Gasteiger charge is 2.34. The highest BCUT2D eigenvalue weighted by Crippen LogP contribution is 2.33. The molecule has 0 radical (unpaired) electrons. The van der Waals surface area contributed by atoms with E-state index in [0.717, 1.165) is 51.3 Å². The molecular formula is C16H29N5O2. The molecule has 3 atom stereocenters. The van der Waals surface area contributed by atoms with E-state index in [1.807, 2.05) is 4.68 Å². The molecule has 0 amide bonds. The quantitative estimate of drug-likeness (QED) is 0.846. The Hall–Kier alpha value is -1.21. The molecule has 3 rings (SSSR count). The monoisotopic (exact) mass is 323 g/mol. The molecule has 3 heterocycles. The van der Waals surface area contributed by atoms with Crippen LogP contribution in [0.5, 0.6) is 0 Å². The van der Waals surface area contributed by atoms with Crippen molar-refractivity contribution in [1.29, 1.82) is 0 Å². The summed E-state index contributed by atoms with van der Waals surface area (Å²) in [5.74, 6) is 0.882. The lowest BCUT2D eigenvalue weighted by Gasteiger charge is -2.39. The summed E-state index contributed by atoms with van der Waals surface area (Å²) in [6.45, 7) is 11.1. The zero-order valence-electron chi connectivity index (χ0n) is 14.7. The van der Waals surface area contributed by atoms with E-state index in [0.29, 0.717) is 6.04 Å². The van der Waals surface area contributed by atoms with Crippen molar-refractivity contribution in [3.8, 4) is 0 Å². The minimum Gasteiger partial charge on any atom is -0.375 e. The van der Waals surface area contributed by atoms with E-state index < -0.39 is 0 Å². The van der Waals surface area contributed by atoms with Crippen LogP contribution in [0, 0.1) is 0 Å². The molecule has 0 aliphatic carbocycles. The number of hydrogen-bond acceptors (Lipinski definition) is 6. The topological polar surface area (TPSA) is 65.3 Å². The average molecular weight is 323 g/mol. The Morgan fingerprint density at radius 3 is 2.48 bits per heavy atom. The molecule has 2 aliphatic rings.